The average molecular weight is 217 g/mol. The van der Waals surface area contributed by atoms with E-state index in [1.54, 1.807) is 0 Å². The third kappa shape index (κ3) is 3.62. The van der Waals surface area contributed by atoms with E-state index in [1.165, 1.54) is 6.92 Å². The molecule has 0 aromatic rings. The molecule has 0 N–H and O–H groups in total. The number of hydrogen-bond acceptors (Lipinski definition) is 2. The molecule has 0 saturated carbocycles. The molecule has 0 aromatic carbocycles. The Morgan fingerprint density at radius 1 is 1.13 bits per heavy atom. The fourth-order valence-corrected chi connectivity index (χ4v) is 1.34. The molecule has 90 valence electrons. The van der Waals surface area contributed by atoms with Gasteiger partial charge in [0.05, 0.1) is 15.3 Å². The molecule has 0 radical (unpaired) electrons. The van der Waals surface area contributed by atoms with E-state index < -0.39 is 17.8 Å². The van der Waals surface area contributed by atoms with E-state index in [9.17, 15) is 0 Å². The fourth-order valence-electron chi connectivity index (χ4n) is 1.34. The van der Waals surface area contributed by atoms with Crippen molar-refractivity contribution in [3.8, 4) is 0 Å². The van der Waals surface area contributed by atoms with Gasteiger partial charge in [0.25, 0.3) is 0 Å². The molecular formula is C13H26O2. The van der Waals surface area contributed by atoms with Crippen LogP contribution in [0.3, 0.4) is 0 Å². The summed E-state index contributed by atoms with van der Waals surface area (Å²) in [4.78, 5) is 0. The first-order valence-electron chi connectivity index (χ1n) is 6.86. The van der Waals surface area contributed by atoms with Gasteiger partial charge in [-0.25, -0.2) is 0 Å². The van der Waals surface area contributed by atoms with Crippen molar-refractivity contribution in [3.05, 3.63) is 11.1 Å². The quantitative estimate of drug-likeness (QED) is 0.656. The molecule has 0 fully saturated rings. The van der Waals surface area contributed by atoms with Crippen LogP contribution in [0.25, 0.3) is 0 Å². The van der Waals surface area contributed by atoms with Crippen LogP contribution in [0.1, 0.15) is 52.6 Å². The molecule has 0 spiro atoms. The van der Waals surface area contributed by atoms with Crippen LogP contribution in [0, 0.1) is 0 Å². The predicted molar refractivity (Wildman–Crippen MR) is 65.2 cm³/mol. The summed E-state index contributed by atoms with van der Waals surface area (Å²) in [6.07, 6.45) is 0. The van der Waals surface area contributed by atoms with Crippen molar-refractivity contribution in [3.63, 3.8) is 0 Å². The molecular weight excluding hydrogens is 188 g/mol. The van der Waals surface area contributed by atoms with Gasteiger partial charge < -0.3 is 9.47 Å². The Morgan fingerprint density at radius 2 is 1.60 bits per heavy atom. The molecule has 2 nitrogen and oxygen atoms in total. The van der Waals surface area contributed by atoms with Crippen LogP contribution in [0.2, 0.25) is 0 Å². The smallest absolute Gasteiger partial charge is 0.0836 e. The third-order valence-corrected chi connectivity index (χ3v) is 3.09. The van der Waals surface area contributed by atoms with Crippen molar-refractivity contribution in [2.75, 3.05) is 13.6 Å². The molecule has 0 saturated heterocycles. The van der Waals surface area contributed by atoms with Gasteiger partial charge in [-0.15, -0.1) is 0 Å². The van der Waals surface area contributed by atoms with Crippen LogP contribution in [-0.4, -0.2) is 24.8 Å². The van der Waals surface area contributed by atoms with Crippen LogP contribution >= 0.6 is 0 Å². The van der Waals surface area contributed by atoms with Gasteiger partial charge in [0.15, 0.2) is 0 Å². The van der Waals surface area contributed by atoms with Crippen molar-refractivity contribution in [1.82, 2.24) is 0 Å². The minimum atomic E-state index is -1.69. The first kappa shape index (κ1) is 9.86. The lowest BCUT2D eigenvalue weighted by Gasteiger charge is -2.33. The van der Waals surface area contributed by atoms with Crippen molar-refractivity contribution in [2.24, 2.45) is 0 Å². The molecule has 0 aliphatic heterocycles. The maximum Gasteiger partial charge on any atom is 0.0836 e. The topological polar surface area (TPSA) is 18.5 Å². The molecule has 0 heterocycles. The van der Waals surface area contributed by atoms with E-state index in [0.717, 1.165) is 11.1 Å². The molecule has 0 aliphatic rings. The average Bonchev–Trinajstić information content (AvgIpc) is 2.11. The molecule has 0 aromatic heterocycles. The number of hydrogen-bond donors (Lipinski definition) is 0. The first-order chi connectivity index (χ1) is 7.83. The molecule has 0 bridgehead atoms. The van der Waals surface area contributed by atoms with Crippen LogP contribution < -0.4 is 0 Å². The Labute approximate surface area is 98.9 Å². The zero-order chi connectivity index (χ0) is 14.8. The minimum Gasteiger partial charge on any atom is -0.374 e. The van der Waals surface area contributed by atoms with E-state index >= 15 is 0 Å². The van der Waals surface area contributed by atoms with Gasteiger partial charge in [0, 0.05) is 13.6 Å². The van der Waals surface area contributed by atoms with Gasteiger partial charge in [0.2, 0.25) is 0 Å². The second-order valence-electron chi connectivity index (χ2n) is 4.72. The lowest BCUT2D eigenvalue weighted by atomic mass is 9.87. The lowest BCUT2D eigenvalue weighted by Crippen LogP contribution is -2.32. The zero-order valence-electron chi connectivity index (χ0n) is 14.0. The van der Waals surface area contributed by atoms with E-state index in [-0.39, 0.29) is 7.09 Å². The summed E-state index contributed by atoms with van der Waals surface area (Å²) in [5.41, 5.74) is 0.619. The van der Waals surface area contributed by atoms with Crippen molar-refractivity contribution < 1.29 is 13.6 Å². The Balaban J connectivity index is 5.27. The zero-order valence-corrected chi connectivity index (χ0v) is 11.0. The summed E-state index contributed by atoms with van der Waals surface area (Å²) in [7, 11) is -0.104. The number of ether oxygens (including phenoxy) is 2. The van der Waals surface area contributed by atoms with E-state index in [0.29, 0.717) is 0 Å². The highest BCUT2D eigenvalue weighted by Crippen LogP contribution is 2.30. The first-order valence-corrected chi connectivity index (χ1v) is 5.15. The van der Waals surface area contributed by atoms with E-state index in [2.05, 4.69) is 0 Å². The second-order valence-corrected chi connectivity index (χ2v) is 4.72. The normalized spacial score (nSPS) is 19.0. The highest BCUT2D eigenvalue weighted by molar-refractivity contribution is 5.25. The van der Waals surface area contributed by atoms with Crippen LogP contribution in [0.4, 0.5) is 0 Å². The molecule has 0 aliphatic carbocycles. The summed E-state index contributed by atoms with van der Waals surface area (Å²) in [5.74, 6) is 0. The highest BCUT2D eigenvalue weighted by Gasteiger charge is 2.28. The molecule has 0 unspecified atom stereocenters. The van der Waals surface area contributed by atoms with Crippen molar-refractivity contribution in [2.45, 2.75) is 59.7 Å². The summed E-state index contributed by atoms with van der Waals surface area (Å²) < 4.78 is 33.0. The summed E-state index contributed by atoms with van der Waals surface area (Å²) in [6, 6.07) is 0. The Hall–Kier alpha value is -0.340. The van der Waals surface area contributed by atoms with Crippen LogP contribution in [0.5, 0.6) is 0 Å². The van der Waals surface area contributed by atoms with Gasteiger partial charge in [0.1, 0.15) is 0 Å². The second kappa shape index (κ2) is 5.13. The highest BCUT2D eigenvalue weighted by atomic mass is 16.5. The van der Waals surface area contributed by atoms with Gasteiger partial charge in [-0.3, -0.25) is 0 Å². The minimum absolute atomic E-state index is 0.104. The number of methoxy groups -OCH3 is 1. The predicted octanol–water partition coefficient (Wildman–Crippen LogP) is 3.56. The maximum atomic E-state index is 7.52. The molecule has 0 rings (SSSR count). The van der Waals surface area contributed by atoms with E-state index in [1.807, 2.05) is 41.5 Å². The Bertz CT molecular complexity index is 315. The maximum absolute atomic E-state index is 7.52. The van der Waals surface area contributed by atoms with Gasteiger partial charge >= 0.3 is 0 Å². The van der Waals surface area contributed by atoms with E-state index in [4.69, 9.17) is 13.6 Å². The summed E-state index contributed by atoms with van der Waals surface area (Å²) in [6.45, 7) is 11.0. The third-order valence-electron chi connectivity index (χ3n) is 3.09. The van der Waals surface area contributed by atoms with Gasteiger partial charge in [-0.1, -0.05) is 0 Å². The standard InChI is InChI=1S/C13H26O2/c1-9-15-13(6,7)11(3)10(2)12(4,5)14-8/h9H2,1-8H3/b11-10-/i8D,9D2. The molecule has 0 atom stereocenters. The fraction of sp³-hybridized carbons (Fsp3) is 0.846. The van der Waals surface area contributed by atoms with Crippen LogP contribution in [0.15, 0.2) is 11.1 Å². The van der Waals surface area contributed by atoms with Gasteiger partial charge in [-0.05, 0) is 59.6 Å². The molecule has 0 amide bonds. The summed E-state index contributed by atoms with van der Waals surface area (Å²) in [5, 5.41) is 0. The van der Waals surface area contributed by atoms with Crippen molar-refractivity contribution >= 4 is 0 Å². The SMILES string of the molecule is [2H]COC(C)(C)/C(C)=C(/C)C(C)(C)OC([2H])([2H])C. The largest absolute Gasteiger partial charge is 0.374 e. The molecule has 15 heavy (non-hydrogen) atoms. The lowest BCUT2D eigenvalue weighted by molar-refractivity contribution is 0.0110. The van der Waals surface area contributed by atoms with Crippen LogP contribution in [-0.2, 0) is 9.47 Å². The molecule has 2 heteroatoms. The Morgan fingerprint density at radius 3 is 2.00 bits per heavy atom. The monoisotopic (exact) mass is 217 g/mol. The summed E-state index contributed by atoms with van der Waals surface area (Å²) >= 11 is 0. The Kier molecular flexibility index (Phi) is 3.37. The number of rotatable bonds is 5. The van der Waals surface area contributed by atoms with Crippen molar-refractivity contribution in [1.29, 1.82) is 0 Å². The van der Waals surface area contributed by atoms with Gasteiger partial charge in [-0.2, -0.15) is 0 Å².